The molecule has 0 aliphatic rings. The van der Waals surface area contributed by atoms with Gasteiger partial charge in [-0.15, -0.1) is 0 Å². The molecule has 128 valence electrons. The van der Waals surface area contributed by atoms with Crippen molar-refractivity contribution < 1.29 is 9.53 Å². The van der Waals surface area contributed by atoms with E-state index < -0.39 is 0 Å². The van der Waals surface area contributed by atoms with Crippen molar-refractivity contribution in [3.8, 4) is 5.75 Å². The second-order valence-corrected chi connectivity index (χ2v) is 7.11. The summed E-state index contributed by atoms with van der Waals surface area (Å²) < 4.78 is 5.87. The molecule has 0 radical (unpaired) electrons. The average Bonchev–Trinajstić information content (AvgIpc) is 2.53. The Bertz CT molecular complexity index is 669. The van der Waals surface area contributed by atoms with E-state index >= 15 is 0 Å². The minimum atomic E-state index is 0.0200. The molecule has 0 bridgehead atoms. The van der Waals surface area contributed by atoms with Gasteiger partial charge in [-0.05, 0) is 29.5 Å². The molecule has 0 atom stereocenters. The van der Waals surface area contributed by atoms with Crippen molar-refractivity contribution in [3.05, 3.63) is 65.2 Å². The summed E-state index contributed by atoms with van der Waals surface area (Å²) in [7, 11) is 0. The van der Waals surface area contributed by atoms with Crippen LogP contribution in [0.4, 0.5) is 0 Å². The lowest BCUT2D eigenvalue weighted by Gasteiger charge is -2.22. The number of rotatable bonds is 6. The normalized spacial score (nSPS) is 11.2. The molecule has 2 rings (SSSR count). The molecule has 0 spiro atoms. The van der Waals surface area contributed by atoms with Crippen molar-refractivity contribution in [3.63, 3.8) is 0 Å². The Morgan fingerprint density at radius 2 is 1.71 bits per heavy atom. The van der Waals surface area contributed by atoms with Crippen molar-refractivity contribution in [2.45, 2.75) is 39.5 Å². The number of nitrogens with one attached hydrogen (secondary N) is 1. The van der Waals surface area contributed by atoms with Crippen LogP contribution in [0, 0.1) is 6.92 Å². The molecular formula is C21H27NO2. The molecule has 1 amide bonds. The van der Waals surface area contributed by atoms with Crippen LogP contribution in [0.5, 0.6) is 5.75 Å². The van der Waals surface area contributed by atoms with Gasteiger partial charge in [0.25, 0.3) is 0 Å². The number of hydrogen-bond acceptors (Lipinski definition) is 2. The Kier molecular flexibility index (Phi) is 6.02. The molecule has 2 aromatic rings. The zero-order chi connectivity index (χ0) is 17.6. The first-order valence-corrected chi connectivity index (χ1v) is 8.41. The Balaban J connectivity index is 1.79. The van der Waals surface area contributed by atoms with Gasteiger partial charge in [-0.25, -0.2) is 0 Å². The number of aryl methyl sites for hydroxylation is 1. The Hall–Kier alpha value is -2.29. The molecule has 2 aromatic carbocycles. The highest BCUT2D eigenvalue weighted by molar-refractivity contribution is 5.78. The smallest absolute Gasteiger partial charge is 0.224 e. The largest absolute Gasteiger partial charge is 0.491 e. The highest BCUT2D eigenvalue weighted by atomic mass is 16.5. The topological polar surface area (TPSA) is 38.3 Å². The summed E-state index contributed by atoms with van der Waals surface area (Å²) in [5, 5.41) is 2.91. The molecule has 3 heteroatoms. The highest BCUT2D eigenvalue weighted by Crippen LogP contribution is 2.30. The molecule has 0 unspecified atom stereocenters. The Morgan fingerprint density at radius 3 is 2.38 bits per heavy atom. The fourth-order valence-electron chi connectivity index (χ4n) is 2.52. The van der Waals surface area contributed by atoms with Gasteiger partial charge in [0.15, 0.2) is 0 Å². The molecule has 0 saturated heterocycles. The number of amides is 1. The lowest BCUT2D eigenvalue weighted by Crippen LogP contribution is -2.29. The summed E-state index contributed by atoms with van der Waals surface area (Å²) in [5.74, 6) is 0.907. The third kappa shape index (κ3) is 5.41. The minimum absolute atomic E-state index is 0.0200. The Morgan fingerprint density at radius 1 is 1.04 bits per heavy atom. The molecule has 0 fully saturated rings. The SMILES string of the molecule is Cc1ccc(CC(=O)NCCOc2ccccc2C(C)(C)C)cc1. The maximum atomic E-state index is 12.0. The fraction of sp³-hybridized carbons (Fsp3) is 0.381. The second kappa shape index (κ2) is 8.00. The van der Waals surface area contributed by atoms with Gasteiger partial charge in [0, 0.05) is 0 Å². The minimum Gasteiger partial charge on any atom is -0.491 e. The average molecular weight is 325 g/mol. The molecule has 1 N–H and O–H groups in total. The van der Waals surface area contributed by atoms with Gasteiger partial charge in [-0.1, -0.05) is 68.8 Å². The second-order valence-electron chi connectivity index (χ2n) is 7.11. The lowest BCUT2D eigenvalue weighted by molar-refractivity contribution is -0.120. The number of para-hydroxylation sites is 1. The van der Waals surface area contributed by atoms with Crippen molar-refractivity contribution in [1.29, 1.82) is 0 Å². The zero-order valence-corrected chi connectivity index (χ0v) is 15.1. The Labute approximate surface area is 145 Å². The molecule has 0 saturated carbocycles. The van der Waals surface area contributed by atoms with Gasteiger partial charge in [-0.2, -0.15) is 0 Å². The van der Waals surface area contributed by atoms with Crippen LogP contribution in [-0.2, 0) is 16.6 Å². The van der Waals surface area contributed by atoms with Gasteiger partial charge >= 0.3 is 0 Å². The highest BCUT2D eigenvalue weighted by Gasteiger charge is 2.18. The quantitative estimate of drug-likeness (QED) is 0.814. The molecule has 0 heterocycles. The third-order valence-electron chi connectivity index (χ3n) is 3.86. The fourth-order valence-corrected chi connectivity index (χ4v) is 2.52. The molecule has 24 heavy (non-hydrogen) atoms. The van der Waals surface area contributed by atoms with E-state index in [1.54, 1.807) is 0 Å². The maximum absolute atomic E-state index is 12.0. The summed E-state index contributed by atoms with van der Waals surface area (Å²) in [6.45, 7) is 9.50. The van der Waals surface area contributed by atoms with E-state index in [1.807, 2.05) is 49.4 Å². The number of carbonyl (C=O) groups is 1. The van der Waals surface area contributed by atoms with Gasteiger partial charge in [0.2, 0.25) is 5.91 Å². The maximum Gasteiger partial charge on any atom is 0.224 e. The summed E-state index contributed by atoms with van der Waals surface area (Å²) in [6, 6.07) is 16.1. The summed E-state index contributed by atoms with van der Waals surface area (Å²) >= 11 is 0. The third-order valence-corrected chi connectivity index (χ3v) is 3.86. The molecule has 0 aromatic heterocycles. The van der Waals surface area contributed by atoms with E-state index in [0.29, 0.717) is 19.6 Å². The van der Waals surface area contributed by atoms with Gasteiger partial charge < -0.3 is 10.1 Å². The predicted molar refractivity (Wildman–Crippen MR) is 98.5 cm³/mol. The summed E-state index contributed by atoms with van der Waals surface area (Å²) in [6.07, 6.45) is 0.402. The first kappa shape index (κ1) is 18.1. The molecule has 3 nitrogen and oxygen atoms in total. The van der Waals surface area contributed by atoms with Gasteiger partial charge in [0.05, 0.1) is 13.0 Å². The van der Waals surface area contributed by atoms with E-state index in [4.69, 9.17) is 4.74 Å². The van der Waals surface area contributed by atoms with Gasteiger partial charge in [-0.3, -0.25) is 4.79 Å². The van der Waals surface area contributed by atoms with Crippen LogP contribution in [0.25, 0.3) is 0 Å². The van der Waals surface area contributed by atoms with Gasteiger partial charge in [0.1, 0.15) is 12.4 Å². The number of benzene rings is 2. The van der Waals surface area contributed by atoms with Crippen LogP contribution in [-0.4, -0.2) is 19.1 Å². The van der Waals surface area contributed by atoms with Crippen LogP contribution in [0.3, 0.4) is 0 Å². The standard InChI is InChI=1S/C21H27NO2/c1-16-9-11-17(12-10-16)15-20(23)22-13-14-24-19-8-6-5-7-18(19)21(2,3)4/h5-12H,13-15H2,1-4H3,(H,22,23). The zero-order valence-electron chi connectivity index (χ0n) is 15.1. The van der Waals surface area contributed by atoms with Crippen LogP contribution < -0.4 is 10.1 Å². The molecular weight excluding hydrogens is 298 g/mol. The number of hydrogen-bond donors (Lipinski definition) is 1. The van der Waals surface area contributed by atoms with Crippen molar-refractivity contribution in [2.24, 2.45) is 0 Å². The van der Waals surface area contributed by atoms with Crippen LogP contribution in [0.1, 0.15) is 37.5 Å². The molecule has 0 aliphatic carbocycles. The number of ether oxygens (including phenoxy) is 1. The monoisotopic (exact) mass is 325 g/mol. The van der Waals surface area contributed by atoms with E-state index in [2.05, 4.69) is 32.2 Å². The van der Waals surface area contributed by atoms with E-state index in [0.717, 1.165) is 11.3 Å². The van der Waals surface area contributed by atoms with Crippen molar-refractivity contribution in [1.82, 2.24) is 5.32 Å². The first-order valence-electron chi connectivity index (χ1n) is 8.41. The van der Waals surface area contributed by atoms with Crippen LogP contribution >= 0.6 is 0 Å². The lowest BCUT2D eigenvalue weighted by atomic mass is 9.86. The van der Waals surface area contributed by atoms with Crippen LogP contribution in [0.15, 0.2) is 48.5 Å². The number of carbonyl (C=O) groups excluding carboxylic acids is 1. The molecule has 0 aliphatic heterocycles. The summed E-state index contributed by atoms with van der Waals surface area (Å²) in [4.78, 5) is 12.0. The van der Waals surface area contributed by atoms with Crippen molar-refractivity contribution in [2.75, 3.05) is 13.2 Å². The first-order chi connectivity index (χ1) is 11.4. The van der Waals surface area contributed by atoms with Crippen LogP contribution in [0.2, 0.25) is 0 Å². The summed E-state index contributed by atoms with van der Waals surface area (Å²) in [5.41, 5.74) is 3.43. The van der Waals surface area contributed by atoms with E-state index in [1.165, 1.54) is 11.1 Å². The van der Waals surface area contributed by atoms with E-state index in [-0.39, 0.29) is 11.3 Å². The van der Waals surface area contributed by atoms with E-state index in [9.17, 15) is 4.79 Å². The predicted octanol–water partition coefficient (Wildman–Crippen LogP) is 4.03. The van der Waals surface area contributed by atoms with Crippen molar-refractivity contribution >= 4 is 5.91 Å².